The second-order valence-corrected chi connectivity index (χ2v) is 5.59. The van der Waals surface area contributed by atoms with Crippen molar-refractivity contribution in [3.05, 3.63) is 65.0 Å². The fraction of sp³-hybridized carbons (Fsp3) is 0.278. The van der Waals surface area contributed by atoms with E-state index in [4.69, 9.17) is 9.84 Å². The van der Waals surface area contributed by atoms with Gasteiger partial charge >= 0.3 is 5.97 Å². The number of para-hydroxylation sites is 1. The molecule has 1 heterocycles. The molecule has 0 saturated heterocycles. The van der Waals surface area contributed by atoms with Crippen molar-refractivity contribution in [2.24, 2.45) is 0 Å². The summed E-state index contributed by atoms with van der Waals surface area (Å²) in [5.74, 6) is -0.418. The van der Waals surface area contributed by atoms with Crippen molar-refractivity contribution >= 4 is 5.97 Å². The van der Waals surface area contributed by atoms with Gasteiger partial charge in [0.25, 0.3) is 0 Å². The van der Waals surface area contributed by atoms with Crippen LogP contribution < -0.4 is 10.1 Å². The number of rotatable bonds is 6. The molecular weight excluding hydrogens is 297 g/mol. The maximum absolute atomic E-state index is 13.4. The Morgan fingerprint density at radius 3 is 2.91 bits per heavy atom. The van der Waals surface area contributed by atoms with Crippen molar-refractivity contribution in [1.29, 1.82) is 0 Å². The van der Waals surface area contributed by atoms with Crippen LogP contribution in [-0.4, -0.2) is 17.7 Å². The van der Waals surface area contributed by atoms with Gasteiger partial charge in [-0.25, -0.2) is 4.39 Å². The fourth-order valence-corrected chi connectivity index (χ4v) is 2.86. The molecule has 0 amide bonds. The van der Waals surface area contributed by atoms with E-state index in [9.17, 15) is 9.18 Å². The minimum Gasteiger partial charge on any atom is -0.493 e. The van der Waals surface area contributed by atoms with Gasteiger partial charge in [0, 0.05) is 24.6 Å². The summed E-state index contributed by atoms with van der Waals surface area (Å²) in [5.41, 5.74) is 2.79. The Balaban J connectivity index is 1.77. The van der Waals surface area contributed by atoms with Gasteiger partial charge in [-0.05, 0) is 23.3 Å². The molecular formula is C18H18FNO3. The summed E-state index contributed by atoms with van der Waals surface area (Å²) in [5, 5.41) is 12.3. The maximum atomic E-state index is 13.4. The molecule has 2 N–H and O–H groups in total. The van der Waals surface area contributed by atoms with E-state index >= 15 is 0 Å². The molecule has 120 valence electrons. The molecule has 5 heteroatoms. The number of nitrogens with one attached hydrogen (secondary N) is 1. The topological polar surface area (TPSA) is 58.6 Å². The quantitative estimate of drug-likeness (QED) is 0.860. The third-order valence-corrected chi connectivity index (χ3v) is 3.96. The summed E-state index contributed by atoms with van der Waals surface area (Å²) < 4.78 is 19.1. The third-order valence-electron chi connectivity index (χ3n) is 3.96. The molecule has 0 radical (unpaired) electrons. The van der Waals surface area contributed by atoms with Gasteiger partial charge in [0.1, 0.15) is 11.6 Å². The predicted octanol–water partition coefficient (Wildman–Crippen LogP) is 3.07. The first-order chi connectivity index (χ1) is 11.1. The minimum atomic E-state index is -0.929. The number of benzene rings is 2. The van der Waals surface area contributed by atoms with Crippen LogP contribution in [0.25, 0.3) is 0 Å². The highest BCUT2D eigenvalue weighted by molar-refractivity contribution is 5.68. The lowest BCUT2D eigenvalue weighted by Gasteiger charge is -2.18. The fourth-order valence-electron chi connectivity index (χ4n) is 2.86. The average molecular weight is 315 g/mol. The molecule has 3 rings (SSSR count). The average Bonchev–Trinajstić information content (AvgIpc) is 3.00. The Bertz CT molecular complexity index is 717. The number of hydrogen-bond acceptors (Lipinski definition) is 3. The van der Waals surface area contributed by atoms with Crippen LogP contribution in [0.15, 0.2) is 42.5 Å². The monoisotopic (exact) mass is 315 g/mol. The number of carboxylic acid groups (broad SMARTS) is 1. The van der Waals surface area contributed by atoms with Crippen LogP contribution in [0.3, 0.4) is 0 Å². The largest absolute Gasteiger partial charge is 0.493 e. The lowest BCUT2D eigenvalue weighted by atomic mass is 10.0. The third kappa shape index (κ3) is 3.68. The zero-order valence-electron chi connectivity index (χ0n) is 12.6. The number of aliphatic carboxylic acids is 1. The number of carboxylic acids is 1. The molecule has 1 aliphatic rings. The number of fused-ring (bicyclic) bond motifs is 1. The summed E-state index contributed by atoms with van der Waals surface area (Å²) >= 11 is 0. The zero-order chi connectivity index (χ0) is 16.2. The van der Waals surface area contributed by atoms with Crippen molar-refractivity contribution in [3.8, 4) is 5.75 Å². The van der Waals surface area contributed by atoms with Gasteiger partial charge in [-0.1, -0.05) is 30.3 Å². The highest BCUT2D eigenvalue weighted by Gasteiger charge is 2.19. The van der Waals surface area contributed by atoms with E-state index < -0.39 is 12.0 Å². The van der Waals surface area contributed by atoms with Crippen LogP contribution in [-0.2, 0) is 17.8 Å². The molecule has 0 bridgehead atoms. The molecule has 2 aromatic rings. The number of halogens is 1. The van der Waals surface area contributed by atoms with Crippen molar-refractivity contribution in [3.63, 3.8) is 0 Å². The first-order valence-electron chi connectivity index (χ1n) is 7.57. The lowest BCUT2D eigenvalue weighted by molar-refractivity contribution is -0.137. The van der Waals surface area contributed by atoms with Crippen LogP contribution in [0.1, 0.15) is 29.2 Å². The van der Waals surface area contributed by atoms with E-state index in [0.29, 0.717) is 18.7 Å². The molecule has 0 saturated carbocycles. The first kappa shape index (κ1) is 15.5. The van der Waals surface area contributed by atoms with Crippen molar-refractivity contribution in [1.82, 2.24) is 5.32 Å². The predicted molar refractivity (Wildman–Crippen MR) is 83.9 cm³/mol. The summed E-state index contributed by atoms with van der Waals surface area (Å²) in [4.78, 5) is 11.1. The molecule has 4 nitrogen and oxygen atoms in total. The van der Waals surface area contributed by atoms with Gasteiger partial charge in [-0.2, -0.15) is 0 Å². The second kappa shape index (κ2) is 6.79. The molecule has 0 aromatic heterocycles. The Morgan fingerprint density at radius 1 is 1.30 bits per heavy atom. The van der Waals surface area contributed by atoms with E-state index in [1.165, 1.54) is 17.7 Å². The van der Waals surface area contributed by atoms with Gasteiger partial charge < -0.3 is 15.2 Å². The number of hydrogen-bond donors (Lipinski definition) is 2. The zero-order valence-corrected chi connectivity index (χ0v) is 12.6. The van der Waals surface area contributed by atoms with E-state index in [1.54, 1.807) is 12.1 Å². The molecule has 0 fully saturated rings. The normalized spacial score (nSPS) is 14.1. The van der Waals surface area contributed by atoms with Gasteiger partial charge in [-0.15, -0.1) is 0 Å². The molecule has 0 aliphatic carbocycles. The Hall–Kier alpha value is -2.40. The van der Waals surface area contributed by atoms with Gasteiger partial charge in [-0.3, -0.25) is 4.79 Å². The van der Waals surface area contributed by atoms with E-state index in [1.807, 2.05) is 18.2 Å². The molecule has 1 aliphatic heterocycles. The highest BCUT2D eigenvalue weighted by Crippen LogP contribution is 2.30. The summed E-state index contributed by atoms with van der Waals surface area (Å²) in [7, 11) is 0. The number of carbonyl (C=O) groups is 1. The standard InChI is InChI=1S/C18H18FNO3/c19-15-6-2-4-13(9-15)16(10-17(21)22)20-11-14-5-1-3-12-7-8-23-18(12)14/h1-6,9,16,20H,7-8,10-11H2,(H,21,22). The Morgan fingerprint density at radius 2 is 2.13 bits per heavy atom. The molecule has 1 atom stereocenters. The number of ether oxygens (including phenoxy) is 1. The molecule has 2 aromatic carbocycles. The molecule has 23 heavy (non-hydrogen) atoms. The maximum Gasteiger partial charge on any atom is 0.305 e. The van der Waals surface area contributed by atoms with Crippen LogP contribution in [0.2, 0.25) is 0 Å². The van der Waals surface area contributed by atoms with Gasteiger partial charge in [0.15, 0.2) is 0 Å². The van der Waals surface area contributed by atoms with E-state index in [2.05, 4.69) is 5.32 Å². The first-order valence-corrected chi connectivity index (χ1v) is 7.57. The van der Waals surface area contributed by atoms with Crippen molar-refractivity contribution in [2.45, 2.75) is 25.4 Å². The molecule has 1 unspecified atom stereocenters. The van der Waals surface area contributed by atoms with Crippen molar-refractivity contribution in [2.75, 3.05) is 6.61 Å². The summed E-state index contributed by atoms with van der Waals surface area (Å²) in [6, 6.07) is 11.5. The van der Waals surface area contributed by atoms with Crippen LogP contribution >= 0.6 is 0 Å². The van der Waals surface area contributed by atoms with E-state index in [-0.39, 0.29) is 12.2 Å². The SMILES string of the molecule is O=C(O)CC(NCc1cccc2c1OCC2)c1cccc(F)c1. The van der Waals surface area contributed by atoms with Gasteiger partial charge in [0.2, 0.25) is 0 Å². The minimum absolute atomic E-state index is 0.112. The molecule has 0 spiro atoms. The Kier molecular flexibility index (Phi) is 4.57. The highest BCUT2D eigenvalue weighted by atomic mass is 19.1. The second-order valence-electron chi connectivity index (χ2n) is 5.59. The van der Waals surface area contributed by atoms with Crippen LogP contribution in [0.4, 0.5) is 4.39 Å². The lowest BCUT2D eigenvalue weighted by Crippen LogP contribution is -2.24. The van der Waals surface area contributed by atoms with E-state index in [0.717, 1.165) is 17.7 Å². The summed E-state index contributed by atoms with van der Waals surface area (Å²) in [6.07, 6.45) is 0.783. The summed E-state index contributed by atoms with van der Waals surface area (Å²) in [6.45, 7) is 1.15. The van der Waals surface area contributed by atoms with Crippen LogP contribution in [0.5, 0.6) is 5.75 Å². The van der Waals surface area contributed by atoms with Crippen molar-refractivity contribution < 1.29 is 19.0 Å². The van der Waals surface area contributed by atoms with Crippen LogP contribution in [0, 0.1) is 5.82 Å². The smallest absolute Gasteiger partial charge is 0.305 e. The van der Waals surface area contributed by atoms with Gasteiger partial charge in [0.05, 0.1) is 13.0 Å². The Labute approximate surface area is 133 Å².